The summed E-state index contributed by atoms with van der Waals surface area (Å²) in [4.78, 5) is 34.4. The van der Waals surface area contributed by atoms with Gasteiger partial charge in [-0.1, -0.05) is 17.7 Å². The van der Waals surface area contributed by atoms with Crippen LogP contribution in [0.1, 0.15) is 65.1 Å². The number of esters is 1. The number of benzene rings is 1. The molecule has 1 fully saturated rings. The SMILES string of the molecule is CCOC(=O)c1cc2c(nc(CN3CCC(c4ccnc(OCc5ccc(Cl)cc5F)n4)CC3)n2Cc2cncn2CC)s1. The number of likely N-dealkylation sites (tertiary alicyclic amines) is 1. The lowest BCUT2D eigenvalue weighted by Gasteiger charge is -2.31. The molecule has 0 N–H and O–H groups in total. The van der Waals surface area contributed by atoms with E-state index in [1.54, 1.807) is 25.3 Å². The van der Waals surface area contributed by atoms with E-state index in [1.807, 2.05) is 24.7 Å². The molecule has 0 radical (unpaired) electrons. The number of piperidine rings is 1. The van der Waals surface area contributed by atoms with Crippen molar-refractivity contribution in [3.05, 3.63) is 87.5 Å². The second kappa shape index (κ2) is 13.4. The Bertz CT molecular complexity index is 1760. The minimum absolute atomic E-state index is 0.0231. The highest BCUT2D eigenvalue weighted by molar-refractivity contribution is 7.20. The van der Waals surface area contributed by atoms with Gasteiger partial charge in [0.05, 0.1) is 42.9 Å². The van der Waals surface area contributed by atoms with E-state index < -0.39 is 5.82 Å². The lowest BCUT2D eigenvalue weighted by Crippen LogP contribution is -2.33. The summed E-state index contributed by atoms with van der Waals surface area (Å²) in [7, 11) is 0. The molecular weight excluding hydrogens is 605 g/mol. The van der Waals surface area contributed by atoms with Gasteiger partial charge in [-0.3, -0.25) is 4.90 Å². The normalized spacial score (nSPS) is 14.4. The van der Waals surface area contributed by atoms with Crippen LogP contribution in [0.5, 0.6) is 6.01 Å². The van der Waals surface area contributed by atoms with Crippen molar-refractivity contribution >= 4 is 39.3 Å². The van der Waals surface area contributed by atoms with Gasteiger partial charge in [0.25, 0.3) is 0 Å². The Kier molecular flexibility index (Phi) is 9.20. The Morgan fingerprint density at radius 1 is 1.14 bits per heavy atom. The largest absolute Gasteiger partial charge is 0.462 e. The third kappa shape index (κ3) is 6.62. The van der Waals surface area contributed by atoms with E-state index in [0.717, 1.165) is 60.0 Å². The molecule has 1 aliphatic rings. The second-order valence-electron chi connectivity index (χ2n) is 10.6. The molecule has 0 atom stereocenters. The number of ether oxygens (including phenoxy) is 2. The predicted molar refractivity (Wildman–Crippen MR) is 166 cm³/mol. The topological polar surface area (TPSA) is 100 Å². The van der Waals surface area contributed by atoms with Crippen molar-refractivity contribution in [1.29, 1.82) is 0 Å². The third-order valence-corrected chi connectivity index (χ3v) is 9.09. The fourth-order valence-corrected chi connectivity index (χ4v) is 6.61. The average molecular weight is 638 g/mol. The number of aryl methyl sites for hydroxylation is 1. The van der Waals surface area contributed by atoms with Crippen LogP contribution >= 0.6 is 22.9 Å². The molecular formula is C31H33ClFN7O3S. The first-order chi connectivity index (χ1) is 21.4. The summed E-state index contributed by atoms with van der Waals surface area (Å²) in [6.45, 7) is 8.13. The fourth-order valence-electron chi connectivity index (χ4n) is 5.51. The summed E-state index contributed by atoms with van der Waals surface area (Å²) in [6.07, 6.45) is 7.26. The van der Waals surface area contributed by atoms with E-state index in [9.17, 15) is 9.18 Å². The average Bonchev–Trinajstić information content (AvgIpc) is 3.73. The number of imidazole rings is 2. The molecule has 5 aromatic rings. The standard InChI is InChI=1S/C31H33ClFN7O3S/c1-3-39-19-34-15-23(39)16-40-26-14-27(30(41)42-4-2)44-29(26)37-28(40)17-38-11-8-20(9-12-38)25-7-10-35-31(36-25)43-18-21-5-6-22(32)13-24(21)33/h5-7,10,13-15,19-20H,3-4,8-9,11-12,16-18H2,1-2H3. The van der Waals surface area contributed by atoms with Crippen molar-refractivity contribution in [3.8, 4) is 6.01 Å². The monoisotopic (exact) mass is 637 g/mol. The molecule has 0 spiro atoms. The van der Waals surface area contributed by atoms with E-state index in [4.69, 9.17) is 26.1 Å². The van der Waals surface area contributed by atoms with Gasteiger partial charge in [0.1, 0.15) is 28.0 Å². The Morgan fingerprint density at radius 2 is 1.98 bits per heavy atom. The number of halogens is 2. The first-order valence-corrected chi connectivity index (χ1v) is 15.9. The van der Waals surface area contributed by atoms with Gasteiger partial charge < -0.3 is 18.6 Å². The molecule has 44 heavy (non-hydrogen) atoms. The van der Waals surface area contributed by atoms with Gasteiger partial charge in [0.2, 0.25) is 0 Å². The Morgan fingerprint density at radius 3 is 2.75 bits per heavy atom. The second-order valence-corrected chi connectivity index (χ2v) is 12.1. The van der Waals surface area contributed by atoms with Crippen molar-refractivity contribution in [2.75, 3.05) is 19.7 Å². The molecule has 0 amide bonds. The van der Waals surface area contributed by atoms with Crippen LogP contribution < -0.4 is 4.74 Å². The molecule has 0 saturated carbocycles. The Labute approximate surface area is 263 Å². The molecule has 4 aromatic heterocycles. The van der Waals surface area contributed by atoms with E-state index in [-0.39, 0.29) is 24.5 Å². The molecule has 0 aliphatic carbocycles. The smallest absolute Gasteiger partial charge is 0.348 e. The van der Waals surface area contributed by atoms with Crippen LogP contribution in [-0.4, -0.2) is 59.6 Å². The van der Waals surface area contributed by atoms with E-state index in [1.165, 1.54) is 17.4 Å². The summed E-state index contributed by atoms with van der Waals surface area (Å²) in [5, 5.41) is 0.340. The summed E-state index contributed by atoms with van der Waals surface area (Å²) < 4.78 is 29.4. The highest BCUT2D eigenvalue weighted by Gasteiger charge is 2.25. The number of hydrogen-bond acceptors (Lipinski definition) is 9. The maximum Gasteiger partial charge on any atom is 0.348 e. The fraction of sp³-hybridized carbons (Fsp3) is 0.387. The van der Waals surface area contributed by atoms with Gasteiger partial charge in [-0.2, -0.15) is 4.98 Å². The Balaban J connectivity index is 1.13. The highest BCUT2D eigenvalue weighted by Crippen LogP contribution is 2.31. The number of carbonyl (C=O) groups excluding carboxylic acids is 1. The van der Waals surface area contributed by atoms with Crippen LogP contribution in [0, 0.1) is 5.82 Å². The molecule has 1 saturated heterocycles. The zero-order chi connectivity index (χ0) is 30.6. The lowest BCUT2D eigenvalue weighted by atomic mass is 9.93. The number of thiophene rings is 1. The van der Waals surface area contributed by atoms with Gasteiger partial charge in [-0.25, -0.2) is 24.1 Å². The summed E-state index contributed by atoms with van der Waals surface area (Å²) in [6, 6.07) is 8.55. The van der Waals surface area contributed by atoms with Crippen molar-refractivity contribution in [3.63, 3.8) is 0 Å². The van der Waals surface area contributed by atoms with Crippen molar-refractivity contribution in [2.45, 2.75) is 58.8 Å². The number of nitrogens with zero attached hydrogens (tertiary/aromatic N) is 7. The molecule has 10 nitrogen and oxygen atoms in total. The van der Waals surface area contributed by atoms with Gasteiger partial charge >= 0.3 is 12.0 Å². The molecule has 6 rings (SSSR count). The van der Waals surface area contributed by atoms with Gasteiger partial charge in [-0.15, -0.1) is 11.3 Å². The van der Waals surface area contributed by atoms with Crippen molar-refractivity contribution in [2.24, 2.45) is 0 Å². The lowest BCUT2D eigenvalue weighted by molar-refractivity contribution is 0.0532. The molecule has 1 aromatic carbocycles. The number of aromatic nitrogens is 6. The van der Waals surface area contributed by atoms with Gasteiger partial charge in [0.15, 0.2) is 0 Å². The van der Waals surface area contributed by atoms with E-state index >= 15 is 0 Å². The molecule has 1 aliphatic heterocycles. The summed E-state index contributed by atoms with van der Waals surface area (Å²) >= 11 is 7.22. The van der Waals surface area contributed by atoms with Crippen molar-refractivity contribution < 1.29 is 18.7 Å². The van der Waals surface area contributed by atoms with Crippen LogP contribution in [-0.2, 0) is 31.0 Å². The van der Waals surface area contributed by atoms with Crippen molar-refractivity contribution in [1.82, 2.24) is 34.0 Å². The minimum atomic E-state index is -0.420. The van der Waals surface area contributed by atoms with Gasteiger partial charge in [-0.05, 0) is 64.0 Å². The van der Waals surface area contributed by atoms with Crippen LogP contribution in [0.2, 0.25) is 5.02 Å². The molecule has 13 heteroatoms. The maximum atomic E-state index is 14.2. The van der Waals surface area contributed by atoms with Crippen LogP contribution in [0.25, 0.3) is 10.3 Å². The van der Waals surface area contributed by atoms with Crippen LogP contribution in [0.3, 0.4) is 0 Å². The molecule has 230 valence electrons. The summed E-state index contributed by atoms with van der Waals surface area (Å²) in [5.41, 5.74) is 3.33. The number of fused-ring (bicyclic) bond motifs is 1. The molecule has 0 unspecified atom stereocenters. The van der Waals surface area contributed by atoms with E-state index in [2.05, 4.69) is 35.9 Å². The number of carbonyl (C=O) groups is 1. The first-order valence-electron chi connectivity index (χ1n) is 14.7. The molecule has 5 heterocycles. The molecule has 0 bridgehead atoms. The quantitative estimate of drug-likeness (QED) is 0.161. The summed E-state index contributed by atoms with van der Waals surface area (Å²) in [5.74, 6) is 0.478. The zero-order valence-corrected chi connectivity index (χ0v) is 26.2. The zero-order valence-electron chi connectivity index (χ0n) is 24.6. The minimum Gasteiger partial charge on any atom is -0.462 e. The first kappa shape index (κ1) is 30.2. The number of hydrogen-bond donors (Lipinski definition) is 0. The Hall–Kier alpha value is -3.87. The van der Waals surface area contributed by atoms with Gasteiger partial charge in [0, 0.05) is 35.4 Å². The van der Waals surface area contributed by atoms with Crippen LogP contribution in [0.15, 0.2) is 49.1 Å². The van der Waals surface area contributed by atoms with E-state index in [0.29, 0.717) is 35.2 Å². The predicted octanol–water partition coefficient (Wildman–Crippen LogP) is 6.08. The maximum absolute atomic E-state index is 14.2. The third-order valence-electron chi connectivity index (χ3n) is 7.86. The van der Waals surface area contributed by atoms with Crippen LogP contribution in [0.4, 0.5) is 4.39 Å². The highest BCUT2D eigenvalue weighted by atomic mass is 35.5. The number of rotatable bonds is 11.